The van der Waals surface area contributed by atoms with Crippen molar-refractivity contribution in [2.24, 2.45) is 5.73 Å². The van der Waals surface area contributed by atoms with Crippen LogP contribution in [0.1, 0.15) is 42.3 Å². The van der Waals surface area contributed by atoms with E-state index in [-0.39, 0.29) is 6.04 Å². The van der Waals surface area contributed by atoms with Crippen molar-refractivity contribution < 1.29 is 0 Å². The Balaban J connectivity index is 1.63. The minimum Gasteiger partial charge on any atom is -0.323 e. The van der Waals surface area contributed by atoms with Crippen molar-refractivity contribution in [2.45, 2.75) is 36.1 Å². The number of nitrogens with two attached hydrogens (primary N) is 1. The fraction of sp³-hybridized carbons (Fsp3) is 0.333. The third-order valence-electron chi connectivity index (χ3n) is 4.09. The van der Waals surface area contributed by atoms with E-state index in [0.717, 1.165) is 11.7 Å². The highest BCUT2D eigenvalue weighted by Gasteiger charge is 2.20. The number of hydrogen-bond donors (Lipinski definition) is 1. The van der Waals surface area contributed by atoms with Gasteiger partial charge in [0.25, 0.3) is 0 Å². The largest absolute Gasteiger partial charge is 0.323 e. The second-order valence-electron chi connectivity index (χ2n) is 5.53. The lowest BCUT2D eigenvalue weighted by atomic mass is 9.79. The average Bonchev–Trinajstić information content (AvgIpc) is 2.44. The molecule has 0 aromatic heterocycles. The predicted molar refractivity (Wildman–Crippen MR) is 87.1 cm³/mol. The summed E-state index contributed by atoms with van der Waals surface area (Å²) in [6.07, 6.45) is 4.07. The Hall–Kier alpha value is -1.25. The maximum absolute atomic E-state index is 6.35. The molecule has 1 unspecified atom stereocenters. The molecule has 3 rings (SSSR count). The zero-order valence-electron chi connectivity index (χ0n) is 11.7. The molecule has 0 amide bonds. The monoisotopic (exact) mass is 283 g/mol. The zero-order chi connectivity index (χ0) is 13.8. The van der Waals surface area contributed by atoms with Gasteiger partial charge in [0.05, 0.1) is 0 Å². The molecule has 1 saturated carbocycles. The molecule has 0 spiro atoms. The lowest BCUT2D eigenvalue weighted by Crippen LogP contribution is -2.14. The van der Waals surface area contributed by atoms with E-state index in [1.807, 2.05) is 17.8 Å². The van der Waals surface area contributed by atoms with Crippen LogP contribution in [0.3, 0.4) is 0 Å². The first kappa shape index (κ1) is 13.7. The Bertz CT molecular complexity index is 548. The van der Waals surface area contributed by atoms with Crippen LogP contribution in [0, 0.1) is 0 Å². The van der Waals surface area contributed by atoms with E-state index in [1.54, 1.807) is 0 Å². The van der Waals surface area contributed by atoms with Crippen molar-refractivity contribution in [3.05, 3.63) is 65.7 Å². The molecular weight excluding hydrogens is 262 g/mol. The van der Waals surface area contributed by atoms with Gasteiger partial charge in [-0.3, -0.25) is 0 Å². The maximum Gasteiger partial charge on any atom is 0.0390 e. The van der Waals surface area contributed by atoms with Crippen molar-refractivity contribution in [1.82, 2.24) is 0 Å². The summed E-state index contributed by atoms with van der Waals surface area (Å²) in [5, 5.41) is 0. The van der Waals surface area contributed by atoms with Crippen molar-refractivity contribution in [2.75, 3.05) is 5.75 Å². The highest BCUT2D eigenvalue weighted by atomic mass is 32.2. The van der Waals surface area contributed by atoms with Crippen LogP contribution in [0.25, 0.3) is 0 Å². The van der Waals surface area contributed by atoms with Crippen LogP contribution in [-0.2, 0) is 0 Å². The van der Waals surface area contributed by atoms with Gasteiger partial charge >= 0.3 is 0 Å². The molecule has 1 nitrogen and oxygen atoms in total. The van der Waals surface area contributed by atoms with Gasteiger partial charge in [0.15, 0.2) is 0 Å². The highest BCUT2D eigenvalue weighted by molar-refractivity contribution is 7.99. The number of thioether (sulfide) groups is 1. The van der Waals surface area contributed by atoms with E-state index in [0.29, 0.717) is 0 Å². The second kappa shape index (κ2) is 6.47. The van der Waals surface area contributed by atoms with Crippen LogP contribution in [0.5, 0.6) is 0 Å². The second-order valence-corrected chi connectivity index (χ2v) is 6.62. The topological polar surface area (TPSA) is 26.0 Å². The molecule has 1 aliphatic carbocycles. The van der Waals surface area contributed by atoms with Gasteiger partial charge in [0, 0.05) is 16.7 Å². The summed E-state index contributed by atoms with van der Waals surface area (Å²) in [6.45, 7) is 0. The van der Waals surface area contributed by atoms with Crippen LogP contribution < -0.4 is 5.73 Å². The van der Waals surface area contributed by atoms with Gasteiger partial charge in [-0.15, -0.1) is 11.8 Å². The fourth-order valence-electron chi connectivity index (χ4n) is 2.58. The number of benzene rings is 2. The standard InChI is InChI=1S/C18H21NS/c19-18(13-20-17-10-2-1-3-11-17)16-9-5-8-15(12-16)14-6-4-7-14/h1-3,5,8-12,14,18H,4,6-7,13,19H2. The van der Waals surface area contributed by atoms with Crippen LogP contribution in [0.15, 0.2) is 59.5 Å². The lowest BCUT2D eigenvalue weighted by molar-refractivity contribution is 0.419. The quantitative estimate of drug-likeness (QED) is 0.802. The maximum atomic E-state index is 6.35. The van der Waals surface area contributed by atoms with Gasteiger partial charge < -0.3 is 5.73 Å². The average molecular weight is 283 g/mol. The predicted octanol–water partition coefficient (Wildman–Crippen LogP) is 4.75. The van der Waals surface area contributed by atoms with Crippen molar-refractivity contribution in [3.63, 3.8) is 0 Å². The smallest absolute Gasteiger partial charge is 0.0390 e. The van der Waals surface area contributed by atoms with Crippen LogP contribution >= 0.6 is 11.8 Å². The minimum absolute atomic E-state index is 0.111. The Morgan fingerprint density at radius 1 is 1.05 bits per heavy atom. The summed E-state index contributed by atoms with van der Waals surface area (Å²) in [7, 11) is 0. The van der Waals surface area contributed by atoms with Gasteiger partial charge in [-0.1, -0.05) is 48.9 Å². The summed E-state index contributed by atoms with van der Waals surface area (Å²) >= 11 is 1.83. The van der Waals surface area contributed by atoms with E-state index in [9.17, 15) is 0 Å². The first-order chi connectivity index (χ1) is 9.83. The minimum atomic E-state index is 0.111. The summed E-state index contributed by atoms with van der Waals surface area (Å²) in [6, 6.07) is 19.5. The summed E-state index contributed by atoms with van der Waals surface area (Å²) < 4.78 is 0. The van der Waals surface area contributed by atoms with Crippen LogP contribution in [0.4, 0.5) is 0 Å². The summed E-state index contributed by atoms with van der Waals surface area (Å²) in [4.78, 5) is 1.29. The molecule has 0 heterocycles. The van der Waals surface area contributed by atoms with Crippen molar-refractivity contribution in [3.8, 4) is 0 Å². The Kier molecular flexibility index (Phi) is 4.44. The van der Waals surface area contributed by atoms with Crippen molar-refractivity contribution in [1.29, 1.82) is 0 Å². The van der Waals surface area contributed by atoms with E-state index >= 15 is 0 Å². The summed E-state index contributed by atoms with van der Waals surface area (Å²) in [5.74, 6) is 1.71. The van der Waals surface area contributed by atoms with Crippen LogP contribution in [-0.4, -0.2) is 5.75 Å². The first-order valence-corrected chi connectivity index (χ1v) is 8.35. The first-order valence-electron chi connectivity index (χ1n) is 7.36. The fourth-order valence-corrected chi connectivity index (χ4v) is 3.50. The van der Waals surface area contributed by atoms with E-state index in [1.165, 1.54) is 35.3 Å². The van der Waals surface area contributed by atoms with Gasteiger partial charge in [-0.2, -0.15) is 0 Å². The molecule has 2 aromatic rings. The molecular formula is C18H21NS. The number of hydrogen-bond acceptors (Lipinski definition) is 2. The zero-order valence-corrected chi connectivity index (χ0v) is 12.5. The van der Waals surface area contributed by atoms with Crippen molar-refractivity contribution >= 4 is 11.8 Å². The van der Waals surface area contributed by atoms with Gasteiger partial charge in [-0.05, 0) is 42.0 Å². The third kappa shape index (κ3) is 3.25. The van der Waals surface area contributed by atoms with Crippen LogP contribution in [0.2, 0.25) is 0 Å². The molecule has 1 atom stereocenters. The Morgan fingerprint density at radius 3 is 2.55 bits per heavy atom. The lowest BCUT2D eigenvalue weighted by Gasteiger charge is -2.26. The normalized spacial score (nSPS) is 16.6. The highest BCUT2D eigenvalue weighted by Crippen LogP contribution is 2.37. The Labute approximate surface area is 125 Å². The molecule has 0 radical (unpaired) electrons. The molecule has 2 aromatic carbocycles. The van der Waals surface area contributed by atoms with Gasteiger partial charge in [0.1, 0.15) is 0 Å². The van der Waals surface area contributed by atoms with Gasteiger partial charge in [0.2, 0.25) is 0 Å². The van der Waals surface area contributed by atoms with Gasteiger partial charge in [-0.25, -0.2) is 0 Å². The molecule has 20 heavy (non-hydrogen) atoms. The number of rotatable bonds is 5. The molecule has 0 saturated heterocycles. The molecule has 1 fully saturated rings. The Morgan fingerprint density at radius 2 is 1.85 bits per heavy atom. The molecule has 2 heteroatoms. The molecule has 0 bridgehead atoms. The summed E-state index contributed by atoms with van der Waals surface area (Å²) in [5.41, 5.74) is 9.11. The molecule has 2 N–H and O–H groups in total. The third-order valence-corrected chi connectivity index (χ3v) is 5.22. The molecule has 1 aliphatic rings. The SMILES string of the molecule is NC(CSc1ccccc1)c1cccc(C2CCC2)c1. The molecule has 104 valence electrons. The van der Waals surface area contributed by atoms with E-state index < -0.39 is 0 Å². The molecule has 0 aliphatic heterocycles. The van der Waals surface area contributed by atoms with E-state index in [4.69, 9.17) is 5.73 Å². The van der Waals surface area contributed by atoms with E-state index in [2.05, 4.69) is 48.5 Å².